The average molecular weight is 409 g/mol. The Balaban J connectivity index is 2.03. The fourth-order valence-corrected chi connectivity index (χ4v) is 3.57. The van der Waals surface area contributed by atoms with Gasteiger partial charge in [-0.1, -0.05) is 42.5 Å². The van der Waals surface area contributed by atoms with Gasteiger partial charge in [-0.05, 0) is 38.0 Å². The third-order valence-electron chi connectivity index (χ3n) is 4.99. The van der Waals surface area contributed by atoms with Crippen molar-refractivity contribution in [3.8, 4) is 5.75 Å². The third-order valence-corrected chi connectivity index (χ3v) is 4.99. The number of carbonyl (C=O) groups excluding carboxylic acids is 2. The van der Waals surface area contributed by atoms with Crippen molar-refractivity contribution in [2.45, 2.75) is 32.4 Å². The average Bonchev–Trinajstić information content (AvgIpc) is 3.01. The topological polar surface area (TPSA) is 76.1 Å². The highest BCUT2D eigenvalue weighted by atomic mass is 16.5. The van der Waals surface area contributed by atoms with Gasteiger partial charge in [-0.2, -0.15) is 0 Å². The number of aliphatic hydroxyl groups is 1. The van der Waals surface area contributed by atoms with Crippen molar-refractivity contribution >= 4 is 17.4 Å². The molecule has 1 aliphatic heterocycles. The van der Waals surface area contributed by atoms with E-state index in [1.165, 1.54) is 4.90 Å². The summed E-state index contributed by atoms with van der Waals surface area (Å²) in [5, 5.41) is 11.0. The zero-order valence-electron chi connectivity index (χ0n) is 17.5. The van der Waals surface area contributed by atoms with Gasteiger partial charge in [0.2, 0.25) is 0 Å². The molecule has 0 saturated carbocycles. The minimum absolute atomic E-state index is 0.0873. The molecule has 1 amide bonds. The number of aliphatic hydroxyl groups excluding tert-OH is 1. The Hall–Kier alpha value is -3.12. The second-order valence-electron chi connectivity index (χ2n) is 7.41. The molecule has 1 N–H and O–H groups in total. The van der Waals surface area contributed by atoms with Gasteiger partial charge in [-0.15, -0.1) is 0 Å². The molecule has 2 aromatic carbocycles. The number of rotatable bonds is 8. The van der Waals surface area contributed by atoms with Crippen LogP contribution in [0.5, 0.6) is 5.75 Å². The van der Waals surface area contributed by atoms with E-state index in [0.29, 0.717) is 36.4 Å². The third kappa shape index (κ3) is 4.54. The normalized spacial score (nSPS) is 18.3. The van der Waals surface area contributed by atoms with Crippen LogP contribution in [0.4, 0.5) is 0 Å². The molecule has 0 aromatic heterocycles. The second kappa shape index (κ2) is 9.59. The number of benzene rings is 2. The lowest BCUT2D eigenvalue weighted by Gasteiger charge is -2.25. The fraction of sp³-hybridized carbons (Fsp3) is 0.333. The van der Waals surface area contributed by atoms with Crippen LogP contribution in [-0.4, -0.2) is 48.1 Å². The Morgan fingerprint density at radius 1 is 1.10 bits per heavy atom. The summed E-state index contributed by atoms with van der Waals surface area (Å²) >= 11 is 0. The van der Waals surface area contributed by atoms with E-state index in [1.807, 2.05) is 26.0 Å². The highest BCUT2D eigenvalue weighted by Gasteiger charge is 2.45. The number of nitrogens with zero attached hydrogens (tertiary/aromatic N) is 1. The molecule has 0 unspecified atom stereocenters. The molecular weight excluding hydrogens is 382 g/mol. The van der Waals surface area contributed by atoms with Gasteiger partial charge < -0.3 is 19.5 Å². The van der Waals surface area contributed by atoms with Gasteiger partial charge in [0.1, 0.15) is 11.5 Å². The first-order valence-corrected chi connectivity index (χ1v) is 10.0. The molecule has 2 aromatic rings. The summed E-state index contributed by atoms with van der Waals surface area (Å²) in [6, 6.07) is 15.3. The first-order valence-electron chi connectivity index (χ1n) is 10.0. The molecule has 0 bridgehead atoms. The van der Waals surface area contributed by atoms with E-state index < -0.39 is 17.7 Å². The molecule has 1 fully saturated rings. The van der Waals surface area contributed by atoms with Crippen molar-refractivity contribution in [2.75, 3.05) is 20.3 Å². The highest BCUT2D eigenvalue weighted by Crippen LogP contribution is 2.40. The standard InChI is InChI=1S/C24H27NO5/c1-16(2)30-14-8-13-25-21(18-11-7-12-19(15-18)29-3)20(23(27)24(25)28)22(26)17-9-5-4-6-10-17/h4-7,9-12,15-16,21,26H,8,13-14H2,1-3H3/t21-/m1/s1. The number of methoxy groups -OCH3 is 1. The Bertz CT molecular complexity index is 936. The van der Waals surface area contributed by atoms with Crippen LogP contribution in [0.3, 0.4) is 0 Å². The van der Waals surface area contributed by atoms with Gasteiger partial charge in [0.15, 0.2) is 0 Å². The van der Waals surface area contributed by atoms with Crippen LogP contribution in [0.25, 0.3) is 5.76 Å². The number of carbonyl (C=O) groups is 2. The number of hydrogen-bond acceptors (Lipinski definition) is 5. The van der Waals surface area contributed by atoms with Crippen LogP contribution in [0.2, 0.25) is 0 Å². The zero-order chi connectivity index (χ0) is 21.7. The van der Waals surface area contributed by atoms with Crippen LogP contribution >= 0.6 is 0 Å². The predicted octanol–water partition coefficient (Wildman–Crippen LogP) is 3.93. The van der Waals surface area contributed by atoms with Crippen LogP contribution in [0.1, 0.15) is 37.4 Å². The number of likely N-dealkylation sites (tertiary alicyclic amines) is 1. The van der Waals surface area contributed by atoms with Gasteiger partial charge in [-0.25, -0.2) is 0 Å². The highest BCUT2D eigenvalue weighted by molar-refractivity contribution is 6.46. The van der Waals surface area contributed by atoms with Crippen molar-refractivity contribution in [3.63, 3.8) is 0 Å². The van der Waals surface area contributed by atoms with E-state index in [0.717, 1.165) is 0 Å². The van der Waals surface area contributed by atoms with Crippen LogP contribution in [-0.2, 0) is 14.3 Å². The molecule has 6 nitrogen and oxygen atoms in total. The molecule has 1 heterocycles. The molecule has 0 spiro atoms. The summed E-state index contributed by atoms with van der Waals surface area (Å²) in [4.78, 5) is 27.3. The molecule has 158 valence electrons. The van der Waals surface area contributed by atoms with Gasteiger partial charge in [0.05, 0.1) is 24.8 Å². The van der Waals surface area contributed by atoms with Crippen molar-refractivity contribution in [2.24, 2.45) is 0 Å². The first-order chi connectivity index (χ1) is 14.4. The predicted molar refractivity (Wildman–Crippen MR) is 114 cm³/mol. The summed E-state index contributed by atoms with van der Waals surface area (Å²) in [7, 11) is 1.56. The number of ketones is 1. The molecule has 0 radical (unpaired) electrons. The van der Waals surface area contributed by atoms with Gasteiger partial charge >= 0.3 is 0 Å². The van der Waals surface area contributed by atoms with Crippen molar-refractivity contribution in [1.29, 1.82) is 0 Å². The molecule has 3 rings (SSSR count). The van der Waals surface area contributed by atoms with Crippen LogP contribution < -0.4 is 4.74 Å². The SMILES string of the molecule is COc1cccc([C@@H]2C(=C(O)c3ccccc3)C(=O)C(=O)N2CCCOC(C)C)c1. The minimum atomic E-state index is -0.695. The largest absolute Gasteiger partial charge is 0.507 e. The number of ether oxygens (including phenoxy) is 2. The monoisotopic (exact) mass is 409 g/mol. The lowest BCUT2D eigenvalue weighted by molar-refractivity contribution is -0.140. The van der Waals surface area contributed by atoms with Crippen molar-refractivity contribution in [3.05, 3.63) is 71.3 Å². The number of amides is 1. The van der Waals surface area contributed by atoms with E-state index in [9.17, 15) is 14.7 Å². The number of Topliss-reactive ketones (excluding diaryl/α,β-unsaturated/α-hetero) is 1. The van der Waals surface area contributed by atoms with Crippen LogP contribution in [0, 0.1) is 0 Å². The molecule has 1 atom stereocenters. The molecule has 1 aliphatic rings. The lowest BCUT2D eigenvalue weighted by atomic mass is 9.95. The second-order valence-corrected chi connectivity index (χ2v) is 7.41. The maximum Gasteiger partial charge on any atom is 0.295 e. The van der Waals surface area contributed by atoms with E-state index >= 15 is 0 Å². The van der Waals surface area contributed by atoms with Crippen molar-refractivity contribution in [1.82, 2.24) is 4.90 Å². The summed E-state index contributed by atoms with van der Waals surface area (Å²) in [5.41, 5.74) is 1.28. The number of hydrogen-bond donors (Lipinski definition) is 1. The van der Waals surface area contributed by atoms with Gasteiger partial charge in [0, 0.05) is 18.7 Å². The lowest BCUT2D eigenvalue weighted by Crippen LogP contribution is -2.31. The van der Waals surface area contributed by atoms with Crippen LogP contribution in [0.15, 0.2) is 60.2 Å². The van der Waals surface area contributed by atoms with E-state index in [2.05, 4.69) is 0 Å². The molecule has 1 saturated heterocycles. The van der Waals surface area contributed by atoms with Crippen molar-refractivity contribution < 1.29 is 24.2 Å². The Kier molecular flexibility index (Phi) is 6.90. The summed E-state index contributed by atoms with van der Waals surface area (Å²) < 4.78 is 10.9. The Morgan fingerprint density at radius 3 is 2.50 bits per heavy atom. The summed E-state index contributed by atoms with van der Waals surface area (Å²) in [6.45, 7) is 4.71. The molecular formula is C24H27NO5. The summed E-state index contributed by atoms with van der Waals surface area (Å²) in [6.07, 6.45) is 0.671. The Morgan fingerprint density at radius 2 is 1.83 bits per heavy atom. The van der Waals surface area contributed by atoms with E-state index in [1.54, 1.807) is 49.6 Å². The van der Waals surface area contributed by atoms with E-state index in [-0.39, 0.29) is 17.4 Å². The maximum absolute atomic E-state index is 12.9. The summed E-state index contributed by atoms with van der Waals surface area (Å²) in [5.74, 6) is -0.873. The fourth-order valence-electron chi connectivity index (χ4n) is 3.57. The smallest absolute Gasteiger partial charge is 0.295 e. The maximum atomic E-state index is 12.9. The first kappa shape index (κ1) is 21.6. The molecule has 30 heavy (non-hydrogen) atoms. The van der Waals surface area contributed by atoms with Gasteiger partial charge in [-0.3, -0.25) is 9.59 Å². The minimum Gasteiger partial charge on any atom is -0.507 e. The van der Waals surface area contributed by atoms with Gasteiger partial charge in [0.25, 0.3) is 11.7 Å². The Labute approximate surface area is 176 Å². The quantitative estimate of drug-likeness (QED) is 0.309. The molecule has 0 aliphatic carbocycles. The molecule has 6 heteroatoms. The van der Waals surface area contributed by atoms with E-state index in [4.69, 9.17) is 9.47 Å². The zero-order valence-corrected chi connectivity index (χ0v) is 17.5.